The van der Waals surface area contributed by atoms with Gasteiger partial charge in [0.25, 0.3) is 5.91 Å². The zero-order valence-electron chi connectivity index (χ0n) is 9.19. The fraction of sp³-hybridized carbons (Fsp3) is 0.545. The van der Waals surface area contributed by atoms with Gasteiger partial charge in [-0.2, -0.15) is 0 Å². The number of likely N-dealkylation sites (tertiary alicyclic amines) is 1. The Morgan fingerprint density at radius 1 is 1.62 bits per heavy atom. The van der Waals surface area contributed by atoms with E-state index in [1.807, 2.05) is 19.3 Å². The molecule has 16 heavy (non-hydrogen) atoms. The number of aliphatic hydroxyl groups is 1. The average Bonchev–Trinajstić information content (AvgIpc) is 2.57. The molecule has 1 saturated heterocycles. The van der Waals surface area contributed by atoms with Crippen LogP contribution < -0.4 is 0 Å². The molecule has 0 bridgehead atoms. The molecule has 5 heteroatoms. The number of rotatable bonds is 1. The molecule has 0 saturated carbocycles. The van der Waals surface area contributed by atoms with Crippen molar-refractivity contribution in [3.05, 3.63) is 22.4 Å². The van der Waals surface area contributed by atoms with Gasteiger partial charge in [-0.3, -0.25) is 4.79 Å². The van der Waals surface area contributed by atoms with Crippen LogP contribution in [0.5, 0.6) is 0 Å². The van der Waals surface area contributed by atoms with Gasteiger partial charge >= 0.3 is 0 Å². The second kappa shape index (κ2) is 4.59. The van der Waals surface area contributed by atoms with Crippen LogP contribution >= 0.6 is 15.9 Å². The van der Waals surface area contributed by atoms with Gasteiger partial charge in [0.2, 0.25) is 0 Å². The van der Waals surface area contributed by atoms with Crippen LogP contribution in [0.4, 0.5) is 0 Å². The molecule has 0 spiro atoms. The Hall–Kier alpha value is -0.810. The molecule has 0 radical (unpaired) electrons. The lowest BCUT2D eigenvalue weighted by Crippen LogP contribution is -2.42. The Morgan fingerprint density at radius 2 is 2.38 bits per heavy atom. The minimum atomic E-state index is -0.374. The fourth-order valence-electron chi connectivity index (χ4n) is 2.04. The Labute approximate surface area is 103 Å². The minimum absolute atomic E-state index is 0.00745. The summed E-state index contributed by atoms with van der Waals surface area (Å²) in [6, 6.07) is 1.81. The highest BCUT2D eigenvalue weighted by Gasteiger charge is 2.24. The Morgan fingerprint density at radius 3 is 2.94 bits per heavy atom. The van der Waals surface area contributed by atoms with E-state index in [0.717, 1.165) is 23.9 Å². The van der Waals surface area contributed by atoms with Crippen molar-refractivity contribution in [3.63, 3.8) is 0 Å². The van der Waals surface area contributed by atoms with Gasteiger partial charge in [0.1, 0.15) is 5.69 Å². The SMILES string of the molecule is Cn1cc(Br)cc1C(=O)N1CCCC(O)C1. The largest absolute Gasteiger partial charge is 0.391 e. The summed E-state index contributed by atoms with van der Waals surface area (Å²) in [6.45, 7) is 1.18. The van der Waals surface area contributed by atoms with Crippen molar-refractivity contribution in [1.29, 1.82) is 0 Å². The molecule has 1 unspecified atom stereocenters. The lowest BCUT2D eigenvalue weighted by atomic mass is 10.1. The van der Waals surface area contributed by atoms with Gasteiger partial charge in [0.15, 0.2) is 0 Å². The van der Waals surface area contributed by atoms with Gasteiger partial charge in [-0.25, -0.2) is 0 Å². The number of carbonyl (C=O) groups excluding carboxylic acids is 1. The van der Waals surface area contributed by atoms with E-state index in [0.29, 0.717) is 12.2 Å². The van der Waals surface area contributed by atoms with Crippen molar-refractivity contribution in [2.45, 2.75) is 18.9 Å². The fourth-order valence-corrected chi connectivity index (χ4v) is 2.56. The maximum absolute atomic E-state index is 12.2. The van der Waals surface area contributed by atoms with E-state index < -0.39 is 0 Å². The van der Waals surface area contributed by atoms with Crippen molar-refractivity contribution in [2.24, 2.45) is 7.05 Å². The highest BCUT2D eigenvalue weighted by Crippen LogP contribution is 2.18. The lowest BCUT2D eigenvalue weighted by Gasteiger charge is -2.30. The number of aliphatic hydroxyl groups excluding tert-OH is 1. The van der Waals surface area contributed by atoms with Crippen LogP contribution in [0.25, 0.3) is 0 Å². The third-order valence-electron chi connectivity index (χ3n) is 2.87. The van der Waals surface area contributed by atoms with E-state index >= 15 is 0 Å². The number of amides is 1. The molecule has 4 nitrogen and oxygen atoms in total. The van der Waals surface area contributed by atoms with E-state index in [1.165, 1.54) is 0 Å². The Balaban J connectivity index is 2.15. The topological polar surface area (TPSA) is 45.5 Å². The third-order valence-corrected chi connectivity index (χ3v) is 3.31. The molecule has 2 heterocycles. The van der Waals surface area contributed by atoms with Crippen LogP contribution in [0.1, 0.15) is 23.3 Å². The average molecular weight is 287 g/mol. The predicted octanol–water partition coefficient (Wildman–Crippen LogP) is 1.38. The summed E-state index contributed by atoms with van der Waals surface area (Å²) in [4.78, 5) is 13.9. The normalized spacial score (nSPS) is 21.2. The van der Waals surface area contributed by atoms with Crippen molar-refractivity contribution in [2.75, 3.05) is 13.1 Å². The third kappa shape index (κ3) is 2.30. The highest BCUT2D eigenvalue weighted by atomic mass is 79.9. The highest BCUT2D eigenvalue weighted by molar-refractivity contribution is 9.10. The van der Waals surface area contributed by atoms with Crippen molar-refractivity contribution in [3.8, 4) is 0 Å². The maximum atomic E-state index is 12.2. The molecule has 88 valence electrons. The van der Waals surface area contributed by atoms with Gasteiger partial charge in [-0.1, -0.05) is 0 Å². The molecule has 2 rings (SSSR count). The number of β-amino-alcohol motifs (C(OH)–C–C–N with tert-alkyl or cyclic N) is 1. The van der Waals surface area contributed by atoms with E-state index in [4.69, 9.17) is 0 Å². The summed E-state index contributed by atoms with van der Waals surface area (Å²) >= 11 is 3.35. The molecule has 1 aliphatic heterocycles. The molecule has 1 aromatic heterocycles. The van der Waals surface area contributed by atoms with Crippen LogP contribution in [-0.2, 0) is 7.05 Å². The van der Waals surface area contributed by atoms with E-state index in [9.17, 15) is 9.90 Å². The van der Waals surface area contributed by atoms with E-state index in [-0.39, 0.29) is 12.0 Å². The first-order chi connectivity index (χ1) is 7.58. The number of nitrogens with zero attached hydrogens (tertiary/aromatic N) is 2. The smallest absolute Gasteiger partial charge is 0.270 e. The number of aromatic nitrogens is 1. The van der Waals surface area contributed by atoms with E-state index in [1.54, 1.807) is 9.47 Å². The second-order valence-electron chi connectivity index (χ2n) is 4.20. The standard InChI is InChI=1S/C11H15BrN2O2/c1-13-6-8(12)5-10(13)11(16)14-4-2-3-9(15)7-14/h5-6,9,15H,2-4,7H2,1H3. The van der Waals surface area contributed by atoms with Crippen LogP contribution in [-0.4, -0.2) is 39.7 Å². The first-order valence-electron chi connectivity index (χ1n) is 5.37. The molecule has 1 amide bonds. The van der Waals surface area contributed by atoms with Crippen LogP contribution in [0, 0.1) is 0 Å². The molecular weight excluding hydrogens is 272 g/mol. The molecule has 1 fully saturated rings. The summed E-state index contributed by atoms with van der Waals surface area (Å²) in [5.41, 5.74) is 0.654. The maximum Gasteiger partial charge on any atom is 0.270 e. The van der Waals surface area contributed by atoms with Crippen molar-refractivity contribution in [1.82, 2.24) is 9.47 Å². The monoisotopic (exact) mass is 286 g/mol. The Bertz CT molecular complexity index is 403. The van der Waals surface area contributed by atoms with Crippen LogP contribution in [0.2, 0.25) is 0 Å². The minimum Gasteiger partial charge on any atom is -0.391 e. The number of carbonyl (C=O) groups is 1. The molecule has 1 N–H and O–H groups in total. The summed E-state index contributed by atoms with van der Waals surface area (Å²) in [5, 5.41) is 9.54. The van der Waals surface area contributed by atoms with Crippen molar-refractivity contribution < 1.29 is 9.90 Å². The number of halogens is 1. The molecule has 1 aliphatic rings. The first kappa shape index (κ1) is 11.7. The zero-order valence-corrected chi connectivity index (χ0v) is 10.8. The summed E-state index contributed by atoms with van der Waals surface area (Å²) in [7, 11) is 1.85. The van der Waals surface area contributed by atoms with Crippen molar-refractivity contribution >= 4 is 21.8 Å². The predicted molar refractivity (Wildman–Crippen MR) is 64.3 cm³/mol. The molecule has 1 atom stereocenters. The summed E-state index contributed by atoms with van der Waals surface area (Å²) in [6.07, 6.45) is 3.15. The molecular formula is C11H15BrN2O2. The quantitative estimate of drug-likeness (QED) is 0.848. The van der Waals surface area contributed by atoms with Crippen LogP contribution in [0.3, 0.4) is 0 Å². The van der Waals surface area contributed by atoms with E-state index in [2.05, 4.69) is 15.9 Å². The van der Waals surface area contributed by atoms with Gasteiger partial charge in [-0.05, 0) is 34.8 Å². The van der Waals surface area contributed by atoms with Gasteiger partial charge in [0.05, 0.1) is 6.10 Å². The summed E-state index contributed by atoms with van der Waals surface area (Å²) in [5.74, 6) is -0.00745. The number of aryl methyl sites for hydroxylation is 1. The summed E-state index contributed by atoms with van der Waals surface area (Å²) < 4.78 is 2.70. The molecule has 1 aromatic rings. The number of piperidine rings is 1. The number of hydrogen-bond acceptors (Lipinski definition) is 2. The molecule has 0 aliphatic carbocycles. The molecule has 0 aromatic carbocycles. The van der Waals surface area contributed by atoms with Gasteiger partial charge in [0, 0.05) is 30.8 Å². The van der Waals surface area contributed by atoms with Gasteiger partial charge in [-0.15, -0.1) is 0 Å². The Kier molecular flexibility index (Phi) is 3.35. The van der Waals surface area contributed by atoms with Crippen LogP contribution in [0.15, 0.2) is 16.7 Å². The second-order valence-corrected chi connectivity index (χ2v) is 5.12. The lowest BCUT2D eigenvalue weighted by molar-refractivity contribution is 0.0466. The first-order valence-corrected chi connectivity index (χ1v) is 6.16. The zero-order chi connectivity index (χ0) is 11.7. The number of hydrogen-bond donors (Lipinski definition) is 1. The van der Waals surface area contributed by atoms with Gasteiger partial charge < -0.3 is 14.6 Å².